The van der Waals surface area contributed by atoms with Crippen LogP contribution >= 0.6 is 15.9 Å². The summed E-state index contributed by atoms with van der Waals surface area (Å²) in [6.45, 7) is 2.59. The zero-order chi connectivity index (χ0) is 11.0. The number of nitrogens with one attached hydrogen (secondary N) is 1. The number of aryl methyl sites for hydroxylation is 1. The highest BCUT2D eigenvalue weighted by molar-refractivity contribution is 9.09. The molecule has 1 aromatic rings. The SMILES string of the molecule is Cc1[nH]nc(N)c1N1CC(CBr)CC1=O. The number of aromatic amines is 1. The van der Waals surface area contributed by atoms with Gasteiger partial charge in [0.25, 0.3) is 0 Å². The van der Waals surface area contributed by atoms with Gasteiger partial charge in [0.15, 0.2) is 5.82 Å². The first-order valence-corrected chi connectivity index (χ1v) is 5.92. The number of anilines is 2. The molecular formula is C9H13BrN4O. The molecule has 1 unspecified atom stereocenters. The molecule has 1 aromatic heterocycles. The number of nitrogens with zero attached hydrogens (tertiary/aromatic N) is 2. The first-order chi connectivity index (χ1) is 7.13. The third-order valence-corrected chi connectivity index (χ3v) is 3.55. The maximum absolute atomic E-state index is 11.8. The average molecular weight is 273 g/mol. The Morgan fingerprint density at radius 1 is 1.73 bits per heavy atom. The van der Waals surface area contributed by atoms with Gasteiger partial charge in [-0.3, -0.25) is 9.89 Å². The topological polar surface area (TPSA) is 75.0 Å². The highest BCUT2D eigenvalue weighted by Crippen LogP contribution is 2.31. The van der Waals surface area contributed by atoms with Crippen molar-refractivity contribution in [2.45, 2.75) is 13.3 Å². The normalized spacial score (nSPS) is 21.3. The van der Waals surface area contributed by atoms with E-state index < -0.39 is 0 Å². The van der Waals surface area contributed by atoms with Crippen molar-refractivity contribution in [2.24, 2.45) is 5.92 Å². The third kappa shape index (κ3) is 1.73. The molecule has 3 N–H and O–H groups in total. The molecule has 6 heteroatoms. The number of H-pyrrole nitrogens is 1. The van der Waals surface area contributed by atoms with Crippen LogP contribution in [0, 0.1) is 12.8 Å². The van der Waals surface area contributed by atoms with Crippen LogP contribution in [0.1, 0.15) is 12.1 Å². The molecule has 1 aliphatic rings. The van der Waals surface area contributed by atoms with Gasteiger partial charge in [-0.2, -0.15) is 5.10 Å². The number of alkyl halides is 1. The molecule has 5 nitrogen and oxygen atoms in total. The van der Waals surface area contributed by atoms with Crippen LogP contribution < -0.4 is 10.6 Å². The Kier molecular flexibility index (Phi) is 2.68. The van der Waals surface area contributed by atoms with Gasteiger partial charge in [0.1, 0.15) is 5.69 Å². The maximum Gasteiger partial charge on any atom is 0.227 e. The molecule has 2 rings (SSSR count). The van der Waals surface area contributed by atoms with Gasteiger partial charge in [0, 0.05) is 18.3 Å². The molecule has 0 aromatic carbocycles. The summed E-state index contributed by atoms with van der Waals surface area (Å²) in [6, 6.07) is 0. The van der Waals surface area contributed by atoms with Gasteiger partial charge in [-0.1, -0.05) is 15.9 Å². The lowest BCUT2D eigenvalue weighted by molar-refractivity contribution is -0.117. The van der Waals surface area contributed by atoms with Crippen molar-refractivity contribution in [2.75, 3.05) is 22.5 Å². The Morgan fingerprint density at radius 3 is 2.93 bits per heavy atom. The summed E-state index contributed by atoms with van der Waals surface area (Å²) in [5.41, 5.74) is 7.31. The molecule has 15 heavy (non-hydrogen) atoms. The van der Waals surface area contributed by atoms with E-state index in [0.717, 1.165) is 16.7 Å². The van der Waals surface area contributed by atoms with Gasteiger partial charge in [-0.05, 0) is 12.8 Å². The second-order valence-corrected chi connectivity index (χ2v) is 4.46. The summed E-state index contributed by atoms with van der Waals surface area (Å²) in [5, 5.41) is 7.52. The minimum atomic E-state index is 0.121. The van der Waals surface area contributed by atoms with Crippen molar-refractivity contribution in [1.29, 1.82) is 0 Å². The van der Waals surface area contributed by atoms with E-state index in [2.05, 4.69) is 26.1 Å². The maximum atomic E-state index is 11.8. The van der Waals surface area contributed by atoms with Gasteiger partial charge in [-0.25, -0.2) is 0 Å². The second kappa shape index (κ2) is 3.84. The van der Waals surface area contributed by atoms with Crippen LogP contribution in [0.3, 0.4) is 0 Å². The molecular weight excluding hydrogens is 260 g/mol. The van der Waals surface area contributed by atoms with Crippen LogP contribution in [0.15, 0.2) is 0 Å². The molecule has 0 aliphatic carbocycles. The van der Waals surface area contributed by atoms with Crippen LogP contribution in [0.25, 0.3) is 0 Å². The number of nitrogen functional groups attached to an aromatic ring is 1. The number of hydrogen-bond donors (Lipinski definition) is 2. The van der Waals surface area contributed by atoms with Gasteiger partial charge in [0.05, 0.1) is 5.69 Å². The molecule has 82 valence electrons. The zero-order valence-electron chi connectivity index (χ0n) is 8.46. The van der Waals surface area contributed by atoms with E-state index in [9.17, 15) is 4.79 Å². The zero-order valence-corrected chi connectivity index (χ0v) is 10.0. The second-order valence-electron chi connectivity index (χ2n) is 3.81. The van der Waals surface area contributed by atoms with E-state index in [0.29, 0.717) is 24.7 Å². The molecule has 2 heterocycles. The molecule has 0 bridgehead atoms. The van der Waals surface area contributed by atoms with Crippen molar-refractivity contribution in [3.8, 4) is 0 Å². The lowest BCUT2D eigenvalue weighted by Crippen LogP contribution is -2.25. The van der Waals surface area contributed by atoms with E-state index in [1.165, 1.54) is 0 Å². The van der Waals surface area contributed by atoms with Gasteiger partial charge in [0.2, 0.25) is 5.91 Å². The molecule has 1 atom stereocenters. The van der Waals surface area contributed by atoms with Crippen LogP contribution in [-0.2, 0) is 4.79 Å². The van der Waals surface area contributed by atoms with Crippen LogP contribution in [0.5, 0.6) is 0 Å². The van der Waals surface area contributed by atoms with Gasteiger partial charge >= 0.3 is 0 Å². The summed E-state index contributed by atoms with van der Waals surface area (Å²) in [6.07, 6.45) is 0.579. The Hall–Kier alpha value is -1.04. The first kappa shape index (κ1) is 10.5. The molecule has 1 saturated heterocycles. The fourth-order valence-electron chi connectivity index (χ4n) is 1.88. The third-order valence-electron chi connectivity index (χ3n) is 2.64. The van der Waals surface area contributed by atoms with Gasteiger partial charge in [-0.15, -0.1) is 0 Å². The lowest BCUT2D eigenvalue weighted by Gasteiger charge is -2.15. The molecule has 0 saturated carbocycles. The Labute approximate surface area is 96.1 Å². The minimum absolute atomic E-state index is 0.121. The Bertz CT molecular complexity index is 370. The summed E-state index contributed by atoms with van der Waals surface area (Å²) >= 11 is 3.40. The van der Waals surface area contributed by atoms with E-state index in [-0.39, 0.29) is 5.91 Å². The fourth-order valence-corrected chi connectivity index (χ4v) is 2.32. The summed E-state index contributed by atoms with van der Waals surface area (Å²) < 4.78 is 0. The number of amides is 1. The highest BCUT2D eigenvalue weighted by Gasteiger charge is 2.32. The van der Waals surface area contributed by atoms with Gasteiger partial charge < -0.3 is 10.6 Å². The number of rotatable bonds is 2. The lowest BCUT2D eigenvalue weighted by atomic mass is 10.2. The van der Waals surface area contributed by atoms with E-state index in [4.69, 9.17) is 5.73 Å². The highest BCUT2D eigenvalue weighted by atomic mass is 79.9. The number of carbonyl (C=O) groups excluding carboxylic acids is 1. The smallest absolute Gasteiger partial charge is 0.227 e. The minimum Gasteiger partial charge on any atom is -0.380 e. The molecule has 0 radical (unpaired) electrons. The van der Waals surface area contributed by atoms with E-state index in [1.807, 2.05) is 6.92 Å². The number of carbonyl (C=O) groups is 1. The first-order valence-electron chi connectivity index (χ1n) is 4.80. The van der Waals surface area contributed by atoms with E-state index in [1.54, 1.807) is 4.90 Å². The summed E-state index contributed by atoms with van der Waals surface area (Å²) in [4.78, 5) is 13.5. The number of nitrogens with two attached hydrogens (primary N) is 1. The van der Waals surface area contributed by atoms with Crippen molar-refractivity contribution in [3.05, 3.63) is 5.69 Å². The molecule has 1 fully saturated rings. The summed E-state index contributed by atoms with van der Waals surface area (Å²) in [7, 11) is 0. The number of halogens is 1. The van der Waals surface area contributed by atoms with Crippen molar-refractivity contribution >= 4 is 33.3 Å². The number of aromatic nitrogens is 2. The predicted molar refractivity (Wildman–Crippen MR) is 62.0 cm³/mol. The van der Waals surface area contributed by atoms with Crippen LogP contribution in [-0.4, -0.2) is 28.0 Å². The fraction of sp³-hybridized carbons (Fsp3) is 0.556. The Balaban J connectivity index is 2.29. The Morgan fingerprint density at radius 2 is 2.47 bits per heavy atom. The van der Waals surface area contributed by atoms with E-state index >= 15 is 0 Å². The van der Waals surface area contributed by atoms with Crippen molar-refractivity contribution in [1.82, 2.24) is 10.2 Å². The van der Waals surface area contributed by atoms with Crippen LogP contribution in [0.2, 0.25) is 0 Å². The van der Waals surface area contributed by atoms with Crippen LogP contribution in [0.4, 0.5) is 11.5 Å². The van der Waals surface area contributed by atoms with Crippen molar-refractivity contribution in [3.63, 3.8) is 0 Å². The standard InChI is InChI=1S/C9H13BrN4O/c1-5-8(9(11)13-12-5)14-4-6(3-10)2-7(14)15/h6H,2-4H2,1H3,(H3,11,12,13). The number of hydrogen-bond acceptors (Lipinski definition) is 3. The monoisotopic (exact) mass is 272 g/mol. The largest absolute Gasteiger partial charge is 0.380 e. The van der Waals surface area contributed by atoms with Crippen molar-refractivity contribution < 1.29 is 4.79 Å². The summed E-state index contributed by atoms with van der Waals surface area (Å²) in [5.74, 6) is 0.887. The molecule has 1 aliphatic heterocycles. The average Bonchev–Trinajstić information content (AvgIpc) is 2.71. The molecule has 1 amide bonds. The predicted octanol–water partition coefficient (Wildman–Crippen LogP) is 1.05. The quantitative estimate of drug-likeness (QED) is 0.791. The molecule has 0 spiro atoms.